The summed E-state index contributed by atoms with van der Waals surface area (Å²) in [6.07, 6.45) is 2.42. The lowest BCUT2D eigenvalue weighted by Gasteiger charge is -2.35. The smallest absolute Gasteiger partial charge is 0.322 e. The predicted octanol–water partition coefficient (Wildman–Crippen LogP) is 4.03. The highest BCUT2D eigenvalue weighted by Gasteiger charge is 2.23. The van der Waals surface area contributed by atoms with E-state index in [1.807, 2.05) is 36.1 Å². The fraction of sp³-hybridized carbons (Fsp3) is 0.500. The van der Waals surface area contributed by atoms with E-state index in [0.29, 0.717) is 23.8 Å². The molecule has 30 heavy (non-hydrogen) atoms. The van der Waals surface area contributed by atoms with E-state index < -0.39 is 0 Å². The first-order chi connectivity index (χ1) is 14.5. The number of aryl methyl sites for hydroxylation is 1. The van der Waals surface area contributed by atoms with Crippen molar-refractivity contribution in [1.29, 1.82) is 0 Å². The van der Waals surface area contributed by atoms with Crippen LogP contribution in [0.2, 0.25) is 5.02 Å². The molecule has 7 nitrogen and oxygen atoms in total. The monoisotopic (exact) mass is 428 g/mol. The second-order valence-corrected chi connectivity index (χ2v) is 8.71. The Morgan fingerprint density at radius 2 is 1.57 bits per heavy atom. The molecule has 0 aliphatic carbocycles. The van der Waals surface area contributed by atoms with Gasteiger partial charge in [0.1, 0.15) is 0 Å². The summed E-state index contributed by atoms with van der Waals surface area (Å²) in [6, 6.07) is 9.61. The first-order valence-corrected chi connectivity index (χ1v) is 11.0. The van der Waals surface area contributed by atoms with Gasteiger partial charge in [-0.2, -0.15) is 0 Å². The van der Waals surface area contributed by atoms with E-state index in [2.05, 4.69) is 38.3 Å². The zero-order valence-corrected chi connectivity index (χ0v) is 18.4. The average molecular weight is 429 g/mol. The maximum atomic E-state index is 12.6. The quantitative estimate of drug-likeness (QED) is 0.799. The molecule has 0 radical (unpaired) electrons. The Morgan fingerprint density at radius 3 is 2.13 bits per heavy atom. The van der Waals surface area contributed by atoms with Crippen molar-refractivity contribution in [3.05, 3.63) is 40.9 Å². The Bertz CT molecular complexity index is 874. The summed E-state index contributed by atoms with van der Waals surface area (Å²) in [5.41, 5.74) is 1.71. The standard InChI is InChI=1S/C22H29ClN6O/c1-16-7-9-27(10-8-16)20-5-6-21(26-25-20)28-11-13-29(14-12-28)22(30)24-19-4-3-17(2)15-18(19)23/h3-6,15-16H,7-14H2,1-2H3,(H,24,30). The van der Waals surface area contributed by atoms with Crippen LogP contribution in [0.25, 0.3) is 0 Å². The average Bonchev–Trinajstić information content (AvgIpc) is 2.76. The molecule has 1 aromatic carbocycles. The Labute approximate surface area is 183 Å². The van der Waals surface area contributed by atoms with Crippen LogP contribution in [0.5, 0.6) is 0 Å². The van der Waals surface area contributed by atoms with Crippen LogP contribution in [0.3, 0.4) is 0 Å². The number of carbonyl (C=O) groups excluding carboxylic acids is 1. The fourth-order valence-electron chi connectivity index (χ4n) is 3.95. The lowest BCUT2D eigenvalue weighted by Crippen LogP contribution is -2.50. The summed E-state index contributed by atoms with van der Waals surface area (Å²) < 4.78 is 0. The van der Waals surface area contributed by atoms with Crippen LogP contribution < -0.4 is 15.1 Å². The number of piperidine rings is 1. The second kappa shape index (κ2) is 9.08. The molecule has 1 aromatic heterocycles. The van der Waals surface area contributed by atoms with E-state index in [1.54, 1.807) is 0 Å². The summed E-state index contributed by atoms with van der Waals surface area (Å²) >= 11 is 6.23. The Hall–Kier alpha value is -2.54. The largest absolute Gasteiger partial charge is 0.355 e. The maximum Gasteiger partial charge on any atom is 0.322 e. The minimum Gasteiger partial charge on any atom is -0.355 e. The molecule has 2 saturated heterocycles. The molecule has 0 saturated carbocycles. The van der Waals surface area contributed by atoms with Crippen LogP contribution in [-0.2, 0) is 0 Å². The van der Waals surface area contributed by atoms with Crippen molar-refractivity contribution >= 4 is 35.0 Å². The zero-order valence-electron chi connectivity index (χ0n) is 17.6. The van der Waals surface area contributed by atoms with Crippen molar-refractivity contribution in [3.63, 3.8) is 0 Å². The van der Waals surface area contributed by atoms with E-state index in [4.69, 9.17) is 11.6 Å². The van der Waals surface area contributed by atoms with Crippen LogP contribution in [0.1, 0.15) is 25.3 Å². The molecule has 2 aliphatic rings. The van der Waals surface area contributed by atoms with Gasteiger partial charge in [-0.1, -0.05) is 24.6 Å². The van der Waals surface area contributed by atoms with Gasteiger partial charge in [-0.15, -0.1) is 10.2 Å². The summed E-state index contributed by atoms with van der Waals surface area (Å²) in [5, 5.41) is 12.4. The Kier molecular flexibility index (Phi) is 6.27. The van der Waals surface area contributed by atoms with Gasteiger partial charge in [0, 0.05) is 39.3 Å². The summed E-state index contributed by atoms with van der Waals surface area (Å²) in [4.78, 5) is 18.9. The van der Waals surface area contributed by atoms with Gasteiger partial charge in [-0.25, -0.2) is 4.79 Å². The molecule has 2 fully saturated rings. The number of piperazine rings is 1. The predicted molar refractivity (Wildman–Crippen MR) is 122 cm³/mol. The second-order valence-electron chi connectivity index (χ2n) is 8.31. The molecule has 0 unspecified atom stereocenters. The van der Waals surface area contributed by atoms with Crippen molar-refractivity contribution in [2.24, 2.45) is 5.92 Å². The molecule has 2 aromatic rings. The highest BCUT2D eigenvalue weighted by Crippen LogP contribution is 2.24. The van der Waals surface area contributed by atoms with Gasteiger partial charge in [-0.05, 0) is 55.5 Å². The van der Waals surface area contributed by atoms with Gasteiger partial charge in [0.25, 0.3) is 0 Å². The number of amides is 2. The first kappa shape index (κ1) is 20.7. The van der Waals surface area contributed by atoms with E-state index in [-0.39, 0.29) is 6.03 Å². The number of anilines is 3. The third-order valence-electron chi connectivity index (χ3n) is 6.00. The lowest BCUT2D eigenvalue weighted by atomic mass is 9.99. The molecule has 160 valence electrons. The third-order valence-corrected chi connectivity index (χ3v) is 6.31. The van der Waals surface area contributed by atoms with Crippen molar-refractivity contribution < 1.29 is 4.79 Å². The van der Waals surface area contributed by atoms with Gasteiger partial charge >= 0.3 is 6.03 Å². The Balaban J connectivity index is 1.30. The highest BCUT2D eigenvalue weighted by atomic mass is 35.5. The molecule has 0 spiro atoms. The summed E-state index contributed by atoms with van der Waals surface area (Å²) in [5.74, 6) is 2.62. The van der Waals surface area contributed by atoms with Crippen LogP contribution >= 0.6 is 11.6 Å². The normalized spacial score (nSPS) is 17.9. The minimum absolute atomic E-state index is 0.124. The minimum atomic E-state index is -0.124. The van der Waals surface area contributed by atoms with Gasteiger partial charge in [0.15, 0.2) is 11.6 Å². The van der Waals surface area contributed by atoms with Gasteiger partial charge < -0.3 is 20.0 Å². The molecule has 0 bridgehead atoms. The van der Waals surface area contributed by atoms with E-state index in [9.17, 15) is 4.79 Å². The summed E-state index contributed by atoms with van der Waals surface area (Å²) in [6.45, 7) is 9.09. The number of rotatable bonds is 3. The highest BCUT2D eigenvalue weighted by molar-refractivity contribution is 6.33. The van der Waals surface area contributed by atoms with Crippen LogP contribution in [-0.4, -0.2) is 60.4 Å². The van der Waals surface area contributed by atoms with E-state index in [1.165, 1.54) is 12.8 Å². The molecule has 8 heteroatoms. The van der Waals surface area contributed by atoms with E-state index in [0.717, 1.165) is 49.3 Å². The number of aromatic nitrogens is 2. The first-order valence-electron chi connectivity index (χ1n) is 10.7. The summed E-state index contributed by atoms with van der Waals surface area (Å²) in [7, 11) is 0. The van der Waals surface area contributed by atoms with E-state index >= 15 is 0 Å². The SMILES string of the molecule is Cc1ccc(NC(=O)N2CCN(c3ccc(N4CCC(C)CC4)nn3)CC2)c(Cl)c1. The Morgan fingerprint density at radius 1 is 0.967 bits per heavy atom. The number of hydrogen-bond donors (Lipinski definition) is 1. The maximum absolute atomic E-state index is 12.6. The molecule has 3 heterocycles. The van der Waals surface area contributed by atoms with Gasteiger partial charge in [-0.3, -0.25) is 0 Å². The fourth-order valence-corrected chi connectivity index (χ4v) is 4.23. The molecule has 1 N–H and O–H groups in total. The molecule has 4 rings (SSSR count). The van der Waals surface area contributed by atoms with Crippen LogP contribution in [0.4, 0.5) is 22.1 Å². The van der Waals surface area contributed by atoms with Crippen LogP contribution in [0, 0.1) is 12.8 Å². The van der Waals surface area contributed by atoms with Crippen molar-refractivity contribution in [3.8, 4) is 0 Å². The molecule has 2 amide bonds. The number of hydrogen-bond acceptors (Lipinski definition) is 5. The van der Waals surface area contributed by atoms with Gasteiger partial charge in [0.05, 0.1) is 10.7 Å². The van der Waals surface area contributed by atoms with Crippen LogP contribution in [0.15, 0.2) is 30.3 Å². The lowest BCUT2D eigenvalue weighted by molar-refractivity contribution is 0.208. The number of nitrogens with zero attached hydrogens (tertiary/aromatic N) is 5. The van der Waals surface area contributed by atoms with Crippen molar-refractivity contribution in [1.82, 2.24) is 15.1 Å². The van der Waals surface area contributed by atoms with Crippen molar-refractivity contribution in [2.75, 3.05) is 54.4 Å². The number of halogens is 1. The topological polar surface area (TPSA) is 64.6 Å². The number of benzene rings is 1. The molecular formula is C22H29ClN6O. The number of nitrogens with one attached hydrogen (secondary N) is 1. The number of carbonyl (C=O) groups is 1. The molecular weight excluding hydrogens is 400 g/mol. The zero-order chi connectivity index (χ0) is 21.1. The van der Waals surface area contributed by atoms with Crippen molar-refractivity contribution in [2.45, 2.75) is 26.7 Å². The molecule has 0 atom stereocenters. The number of urea groups is 1. The third kappa shape index (κ3) is 4.78. The van der Waals surface area contributed by atoms with Gasteiger partial charge in [0.2, 0.25) is 0 Å². The molecule has 2 aliphatic heterocycles.